The molecule has 21 heavy (non-hydrogen) atoms. The van der Waals surface area contributed by atoms with E-state index in [0.717, 1.165) is 16.8 Å². The number of aliphatic hydroxyl groups is 1. The quantitative estimate of drug-likeness (QED) is 0.562. The molecule has 0 saturated carbocycles. The van der Waals surface area contributed by atoms with E-state index < -0.39 is 0 Å². The first-order valence-electron chi connectivity index (χ1n) is 6.96. The van der Waals surface area contributed by atoms with Crippen LogP contribution in [0.4, 0.5) is 5.69 Å². The van der Waals surface area contributed by atoms with Crippen LogP contribution in [0.25, 0.3) is 0 Å². The molecular formula is C17H21N3O. The van der Waals surface area contributed by atoms with Gasteiger partial charge in [0.25, 0.3) is 0 Å². The van der Waals surface area contributed by atoms with Crippen molar-refractivity contribution >= 4 is 11.5 Å². The molecule has 0 aliphatic rings. The zero-order valence-electron chi connectivity index (χ0n) is 12.2. The molecule has 0 aliphatic heterocycles. The lowest BCUT2D eigenvalue weighted by atomic mass is 10.1. The molecule has 0 unspecified atom stereocenters. The minimum absolute atomic E-state index is 0.0460. The second kappa shape index (κ2) is 6.90. The topological polar surface area (TPSA) is 73.3 Å². The third-order valence-corrected chi connectivity index (χ3v) is 3.37. The van der Waals surface area contributed by atoms with E-state index in [1.54, 1.807) is 0 Å². The molecule has 0 spiro atoms. The maximum atomic E-state index is 9.33. The van der Waals surface area contributed by atoms with Gasteiger partial charge in [0.1, 0.15) is 5.84 Å². The summed E-state index contributed by atoms with van der Waals surface area (Å²) in [5.41, 5.74) is 9.51. The number of amidine groups is 1. The molecule has 0 aromatic heterocycles. The number of hydrogen-bond acceptors (Lipinski definition) is 3. The zero-order valence-corrected chi connectivity index (χ0v) is 12.2. The first kappa shape index (κ1) is 15.1. The molecule has 4 nitrogen and oxygen atoms in total. The summed E-state index contributed by atoms with van der Waals surface area (Å²) in [5.74, 6) is 0.0460. The van der Waals surface area contributed by atoms with E-state index in [9.17, 15) is 5.11 Å². The van der Waals surface area contributed by atoms with Gasteiger partial charge in [-0.15, -0.1) is 0 Å². The molecular weight excluding hydrogens is 262 g/mol. The number of aliphatic hydroxyl groups excluding tert-OH is 1. The molecule has 0 bridgehead atoms. The maximum Gasteiger partial charge on any atom is 0.124 e. The number of nitrogen functional groups attached to an aromatic ring is 1. The number of nitrogens with two attached hydrogens (primary N) is 1. The predicted octanol–water partition coefficient (Wildman–Crippen LogP) is 2.28. The molecule has 0 radical (unpaired) electrons. The summed E-state index contributed by atoms with van der Waals surface area (Å²) in [4.78, 5) is 2.05. The van der Waals surface area contributed by atoms with Crippen LogP contribution in [0.1, 0.15) is 16.7 Å². The van der Waals surface area contributed by atoms with Crippen LogP contribution in [0.3, 0.4) is 0 Å². The molecule has 4 heteroatoms. The van der Waals surface area contributed by atoms with E-state index in [0.29, 0.717) is 18.7 Å². The van der Waals surface area contributed by atoms with Crippen molar-refractivity contribution in [1.29, 1.82) is 5.41 Å². The van der Waals surface area contributed by atoms with Gasteiger partial charge in [-0.25, -0.2) is 0 Å². The van der Waals surface area contributed by atoms with Crippen LogP contribution < -0.4 is 10.6 Å². The molecule has 2 aromatic carbocycles. The number of rotatable bonds is 6. The van der Waals surface area contributed by atoms with Gasteiger partial charge in [0.15, 0.2) is 0 Å². The standard InChI is InChI=1S/C17H21N3O/c1-13-7-8-16(15(11-13)17(18)19)20(9-10-21)12-14-5-3-2-4-6-14/h2-8,11,21H,9-10,12H2,1H3,(H3,18,19). The number of hydrogen-bond donors (Lipinski definition) is 3. The molecule has 0 fully saturated rings. The fraction of sp³-hybridized carbons (Fsp3) is 0.235. The molecule has 2 rings (SSSR count). The monoisotopic (exact) mass is 283 g/mol. The Labute approximate surface area is 125 Å². The maximum absolute atomic E-state index is 9.33. The number of nitrogens with one attached hydrogen (secondary N) is 1. The summed E-state index contributed by atoms with van der Waals surface area (Å²) in [6.07, 6.45) is 0. The average molecular weight is 283 g/mol. The summed E-state index contributed by atoms with van der Waals surface area (Å²) >= 11 is 0. The molecule has 0 saturated heterocycles. The minimum Gasteiger partial charge on any atom is -0.395 e. The molecule has 2 aromatic rings. The van der Waals surface area contributed by atoms with E-state index in [2.05, 4.69) is 0 Å². The van der Waals surface area contributed by atoms with Crippen LogP contribution in [0.15, 0.2) is 48.5 Å². The van der Waals surface area contributed by atoms with Gasteiger partial charge in [0.2, 0.25) is 0 Å². The van der Waals surface area contributed by atoms with Crippen LogP contribution in [-0.4, -0.2) is 24.1 Å². The Kier molecular flexibility index (Phi) is 4.95. The van der Waals surface area contributed by atoms with E-state index in [1.807, 2.05) is 60.4 Å². The Balaban J connectivity index is 2.36. The summed E-state index contributed by atoms with van der Waals surface area (Å²) in [5, 5.41) is 17.1. The lowest BCUT2D eigenvalue weighted by molar-refractivity contribution is 0.301. The van der Waals surface area contributed by atoms with Crippen LogP contribution >= 0.6 is 0 Å². The van der Waals surface area contributed by atoms with E-state index >= 15 is 0 Å². The Morgan fingerprint density at radius 1 is 1.19 bits per heavy atom. The SMILES string of the molecule is Cc1ccc(N(CCO)Cc2ccccc2)c(C(=N)N)c1. The summed E-state index contributed by atoms with van der Waals surface area (Å²) in [6.45, 7) is 3.20. The van der Waals surface area contributed by atoms with Gasteiger partial charge in [-0.05, 0) is 24.6 Å². The Morgan fingerprint density at radius 2 is 1.90 bits per heavy atom. The average Bonchev–Trinajstić information content (AvgIpc) is 2.48. The summed E-state index contributed by atoms with van der Waals surface area (Å²) < 4.78 is 0. The highest BCUT2D eigenvalue weighted by Gasteiger charge is 2.13. The first-order chi connectivity index (χ1) is 10.1. The second-order valence-corrected chi connectivity index (χ2v) is 5.07. The van der Waals surface area contributed by atoms with Crippen molar-refractivity contribution in [2.75, 3.05) is 18.1 Å². The summed E-state index contributed by atoms with van der Waals surface area (Å²) in [6, 6.07) is 15.9. The van der Waals surface area contributed by atoms with Gasteiger partial charge in [0.05, 0.1) is 6.61 Å². The highest BCUT2D eigenvalue weighted by atomic mass is 16.3. The molecule has 4 N–H and O–H groups in total. The van der Waals surface area contributed by atoms with Gasteiger partial charge >= 0.3 is 0 Å². The van der Waals surface area contributed by atoms with Crippen LogP contribution in [-0.2, 0) is 6.54 Å². The largest absolute Gasteiger partial charge is 0.395 e. The van der Waals surface area contributed by atoms with Crippen molar-refractivity contribution < 1.29 is 5.11 Å². The molecule has 0 heterocycles. The van der Waals surface area contributed by atoms with Gasteiger partial charge in [-0.1, -0.05) is 42.0 Å². The number of aryl methyl sites for hydroxylation is 1. The van der Waals surface area contributed by atoms with Crippen molar-refractivity contribution in [2.45, 2.75) is 13.5 Å². The predicted molar refractivity (Wildman–Crippen MR) is 86.8 cm³/mol. The Bertz CT molecular complexity index is 611. The minimum atomic E-state index is 0.0460. The third kappa shape index (κ3) is 3.83. The molecule has 0 aliphatic carbocycles. The van der Waals surface area contributed by atoms with Crippen LogP contribution in [0.2, 0.25) is 0 Å². The smallest absolute Gasteiger partial charge is 0.124 e. The van der Waals surface area contributed by atoms with Gasteiger partial charge in [-0.2, -0.15) is 0 Å². The second-order valence-electron chi connectivity index (χ2n) is 5.07. The highest BCUT2D eigenvalue weighted by molar-refractivity contribution is 6.00. The van der Waals surface area contributed by atoms with Gasteiger partial charge in [0, 0.05) is 24.3 Å². The number of nitrogens with zero attached hydrogens (tertiary/aromatic N) is 1. The van der Waals surface area contributed by atoms with Crippen molar-refractivity contribution in [2.24, 2.45) is 5.73 Å². The molecule has 0 atom stereocenters. The Hall–Kier alpha value is -2.33. The van der Waals surface area contributed by atoms with E-state index in [1.165, 1.54) is 0 Å². The third-order valence-electron chi connectivity index (χ3n) is 3.37. The number of benzene rings is 2. The first-order valence-corrected chi connectivity index (χ1v) is 6.96. The van der Waals surface area contributed by atoms with Gasteiger partial charge in [-0.3, -0.25) is 5.41 Å². The Morgan fingerprint density at radius 3 is 2.52 bits per heavy atom. The van der Waals surface area contributed by atoms with Crippen molar-refractivity contribution in [3.05, 3.63) is 65.2 Å². The fourth-order valence-electron chi connectivity index (χ4n) is 2.35. The van der Waals surface area contributed by atoms with Gasteiger partial charge < -0.3 is 15.7 Å². The van der Waals surface area contributed by atoms with Crippen LogP contribution in [0.5, 0.6) is 0 Å². The van der Waals surface area contributed by atoms with Crippen molar-refractivity contribution in [3.8, 4) is 0 Å². The lowest BCUT2D eigenvalue weighted by Crippen LogP contribution is -2.29. The highest BCUT2D eigenvalue weighted by Crippen LogP contribution is 2.23. The normalized spacial score (nSPS) is 10.4. The zero-order chi connectivity index (χ0) is 15.2. The molecule has 0 amide bonds. The van der Waals surface area contributed by atoms with Crippen molar-refractivity contribution in [1.82, 2.24) is 0 Å². The van der Waals surface area contributed by atoms with Crippen molar-refractivity contribution in [3.63, 3.8) is 0 Å². The lowest BCUT2D eigenvalue weighted by Gasteiger charge is -2.26. The fourth-order valence-corrected chi connectivity index (χ4v) is 2.35. The van der Waals surface area contributed by atoms with E-state index in [-0.39, 0.29) is 12.4 Å². The summed E-state index contributed by atoms with van der Waals surface area (Å²) in [7, 11) is 0. The molecule has 110 valence electrons. The van der Waals surface area contributed by atoms with E-state index in [4.69, 9.17) is 11.1 Å². The van der Waals surface area contributed by atoms with Crippen LogP contribution in [0, 0.1) is 12.3 Å². The number of anilines is 1.